The van der Waals surface area contributed by atoms with Crippen LogP contribution >= 0.6 is 11.6 Å². The summed E-state index contributed by atoms with van der Waals surface area (Å²) < 4.78 is 0. The van der Waals surface area contributed by atoms with E-state index in [1.807, 2.05) is 13.0 Å². The van der Waals surface area contributed by atoms with Crippen LogP contribution in [0.1, 0.15) is 25.3 Å². The molecule has 1 atom stereocenters. The third-order valence-electron chi connectivity index (χ3n) is 2.59. The van der Waals surface area contributed by atoms with Crippen molar-refractivity contribution in [2.75, 3.05) is 0 Å². The van der Waals surface area contributed by atoms with Crippen molar-refractivity contribution in [2.45, 2.75) is 25.4 Å². The van der Waals surface area contributed by atoms with Crippen LogP contribution in [0.4, 0.5) is 0 Å². The lowest BCUT2D eigenvalue weighted by Gasteiger charge is -2.42. The van der Waals surface area contributed by atoms with Crippen molar-refractivity contribution < 1.29 is 5.11 Å². The number of halogens is 1. The van der Waals surface area contributed by atoms with Crippen molar-refractivity contribution in [1.29, 1.82) is 0 Å². The van der Waals surface area contributed by atoms with Gasteiger partial charge in [-0.1, -0.05) is 17.7 Å². The molecule has 1 aliphatic carbocycles. The predicted octanol–water partition coefficient (Wildman–Crippen LogP) is 2.20. The largest absolute Gasteiger partial charge is 0.389 e. The number of aliphatic hydroxyl groups is 1. The van der Waals surface area contributed by atoms with Gasteiger partial charge in [0.05, 0.1) is 5.60 Å². The van der Waals surface area contributed by atoms with Gasteiger partial charge in [0, 0.05) is 12.1 Å². The zero-order valence-electron chi connectivity index (χ0n) is 7.42. The number of aromatic nitrogens is 1. The topological polar surface area (TPSA) is 33.1 Å². The maximum Gasteiger partial charge on any atom is 0.129 e. The smallest absolute Gasteiger partial charge is 0.129 e. The van der Waals surface area contributed by atoms with Crippen LogP contribution in [0.25, 0.3) is 0 Å². The van der Waals surface area contributed by atoms with Crippen molar-refractivity contribution in [3.05, 3.63) is 35.0 Å². The maximum absolute atomic E-state index is 9.80. The number of rotatable bonds is 1. The molecule has 0 spiro atoms. The Labute approximate surface area is 82.6 Å². The molecule has 1 heterocycles. The van der Waals surface area contributed by atoms with Gasteiger partial charge < -0.3 is 5.11 Å². The molecule has 1 aromatic rings. The third-order valence-corrected chi connectivity index (χ3v) is 2.81. The Kier molecular flexibility index (Phi) is 2.05. The summed E-state index contributed by atoms with van der Waals surface area (Å²) in [6, 6.07) is 3.65. The van der Waals surface area contributed by atoms with Crippen LogP contribution in [0.5, 0.6) is 0 Å². The van der Waals surface area contributed by atoms with E-state index in [4.69, 9.17) is 11.6 Å². The van der Waals surface area contributed by atoms with Gasteiger partial charge in [0.1, 0.15) is 5.15 Å². The summed E-state index contributed by atoms with van der Waals surface area (Å²) in [5.41, 5.74) is 0.371. The van der Waals surface area contributed by atoms with E-state index in [1.54, 1.807) is 12.3 Å². The van der Waals surface area contributed by atoms with E-state index in [-0.39, 0.29) is 0 Å². The highest BCUT2D eigenvalue weighted by Crippen LogP contribution is 2.44. The Bertz CT molecular complexity index is 307. The monoisotopic (exact) mass is 196 g/mol. The van der Waals surface area contributed by atoms with Crippen LogP contribution < -0.4 is 0 Å². The van der Waals surface area contributed by atoms with Gasteiger partial charge in [0.2, 0.25) is 0 Å². The van der Waals surface area contributed by atoms with Crippen molar-refractivity contribution >= 4 is 11.6 Å². The summed E-state index contributed by atoms with van der Waals surface area (Å²) >= 11 is 5.67. The van der Waals surface area contributed by atoms with E-state index in [0.29, 0.717) is 5.15 Å². The van der Waals surface area contributed by atoms with Gasteiger partial charge in [-0.25, -0.2) is 4.98 Å². The molecule has 0 aliphatic heterocycles. The molecule has 0 saturated heterocycles. The molecule has 1 N–H and O–H groups in total. The zero-order chi connectivity index (χ0) is 9.47. The minimum atomic E-state index is -0.629. The van der Waals surface area contributed by atoms with Crippen LogP contribution in [-0.4, -0.2) is 15.7 Å². The highest BCUT2D eigenvalue weighted by Gasteiger charge is 2.42. The molecule has 0 bridgehead atoms. The van der Waals surface area contributed by atoms with Gasteiger partial charge in [-0.2, -0.15) is 0 Å². The first-order chi connectivity index (χ1) is 6.09. The Morgan fingerprint density at radius 3 is 2.69 bits per heavy atom. The first-order valence-corrected chi connectivity index (χ1v) is 4.68. The second-order valence-electron chi connectivity index (χ2n) is 3.62. The van der Waals surface area contributed by atoms with Gasteiger partial charge in [0.15, 0.2) is 0 Å². The summed E-state index contributed by atoms with van der Waals surface area (Å²) in [5.74, 6) is 1.07. The summed E-state index contributed by atoms with van der Waals surface area (Å²) in [4.78, 5) is 3.98. The predicted molar refractivity (Wildman–Crippen MR) is 51.4 cm³/mol. The van der Waals surface area contributed by atoms with Crippen molar-refractivity contribution in [3.8, 4) is 0 Å². The fourth-order valence-electron chi connectivity index (χ4n) is 1.62. The van der Waals surface area contributed by atoms with E-state index < -0.39 is 5.60 Å². The van der Waals surface area contributed by atoms with E-state index in [2.05, 4.69) is 4.98 Å². The van der Waals surface area contributed by atoms with Gasteiger partial charge >= 0.3 is 0 Å². The summed E-state index contributed by atoms with van der Waals surface area (Å²) in [7, 11) is 0. The molecule has 1 aromatic heterocycles. The molecule has 1 radical (unpaired) electrons. The van der Waals surface area contributed by atoms with Gasteiger partial charge in [-0.05, 0) is 31.4 Å². The minimum Gasteiger partial charge on any atom is -0.389 e. The molecule has 69 valence electrons. The molecular formula is C10H11ClNO. The van der Waals surface area contributed by atoms with Gasteiger partial charge in [0.25, 0.3) is 0 Å². The lowest BCUT2D eigenvalue weighted by Crippen LogP contribution is -2.42. The molecule has 1 aliphatic rings. The fourth-order valence-corrected chi connectivity index (χ4v) is 1.73. The third kappa shape index (κ3) is 1.56. The van der Waals surface area contributed by atoms with E-state index >= 15 is 0 Å². The second-order valence-corrected chi connectivity index (χ2v) is 4.01. The first-order valence-electron chi connectivity index (χ1n) is 4.30. The zero-order valence-corrected chi connectivity index (χ0v) is 8.17. The minimum absolute atomic E-state index is 0.489. The quantitative estimate of drug-likeness (QED) is 0.699. The van der Waals surface area contributed by atoms with Crippen LogP contribution in [0.3, 0.4) is 0 Å². The molecular weight excluding hydrogens is 186 g/mol. The number of nitrogens with zero attached hydrogens (tertiary/aromatic N) is 1. The Hall–Kier alpha value is -0.600. The maximum atomic E-state index is 9.80. The SMILES string of the molecule is CC1(O)CC[C]1c1ccc(Cl)nc1. The van der Waals surface area contributed by atoms with Gasteiger partial charge in [-0.3, -0.25) is 0 Å². The Morgan fingerprint density at radius 2 is 2.31 bits per heavy atom. The van der Waals surface area contributed by atoms with Crippen molar-refractivity contribution in [1.82, 2.24) is 4.98 Å². The van der Waals surface area contributed by atoms with E-state index in [1.165, 1.54) is 0 Å². The number of pyridine rings is 1. The van der Waals surface area contributed by atoms with Crippen LogP contribution in [0, 0.1) is 5.92 Å². The Morgan fingerprint density at radius 1 is 1.54 bits per heavy atom. The van der Waals surface area contributed by atoms with Crippen LogP contribution in [0.2, 0.25) is 5.15 Å². The average molecular weight is 197 g/mol. The number of hydrogen-bond donors (Lipinski definition) is 1. The lowest BCUT2D eigenvalue weighted by molar-refractivity contribution is 0.0194. The van der Waals surface area contributed by atoms with Gasteiger partial charge in [-0.15, -0.1) is 0 Å². The summed E-state index contributed by atoms with van der Waals surface area (Å²) in [6.45, 7) is 1.83. The normalized spacial score (nSPS) is 28.5. The molecule has 2 rings (SSSR count). The molecule has 1 unspecified atom stereocenters. The second kappa shape index (κ2) is 2.96. The molecule has 1 fully saturated rings. The molecule has 2 nitrogen and oxygen atoms in total. The molecule has 13 heavy (non-hydrogen) atoms. The molecule has 0 amide bonds. The van der Waals surface area contributed by atoms with Crippen LogP contribution in [-0.2, 0) is 0 Å². The van der Waals surface area contributed by atoms with Crippen molar-refractivity contribution in [3.63, 3.8) is 0 Å². The lowest BCUT2D eigenvalue weighted by atomic mass is 9.68. The Balaban J connectivity index is 2.22. The molecule has 0 aromatic carbocycles. The average Bonchev–Trinajstić information content (AvgIpc) is 2.07. The summed E-state index contributed by atoms with van der Waals surface area (Å²) in [6.07, 6.45) is 3.51. The number of hydrogen-bond acceptors (Lipinski definition) is 2. The van der Waals surface area contributed by atoms with Crippen LogP contribution in [0.15, 0.2) is 18.3 Å². The van der Waals surface area contributed by atoms with E-state index in [9.17, 15) is 5.11 Å². The molecule has 1 saturated carbocycles. The highest BCUT2D eigenvalue weighted by atomic mass is 35.5. The fraction of sp³-hybridized carbons (Fsp3) is 0.400. The summed E-state index contributed by atoms with van der Waals surface area (Å²) in [5, 5.41) is 10.3. The molecule has 3 heteroatoms. The van der Waals surface area contributed by atoms with E-state index in [0.717, 1.165) is 24.3 Å². The first kappa shape index (κ1) is 8.97. The highest BCUT2D eigenvalue weighted by molar-refractivity contribution is 6.29. The van der Waals surface area contributed by atoms with Crippen molar-refractivity contribution in [2.24, 2.45) is 0 Å². The standard InChI is InChI=1S/C10H11ClNO/c1-10(13)5-4-8(10)7-2-3-9(11)12-6-7/h2-3,6,13H,4-5H2,1H3.